The van der Waals surface area contributed by atoms with Crippen LogP contribution in [-0.2, 0) is 19.1 Å². The van der Waals surface area contributed by atoms with Crippen molar-refractivity contribution < 1.29 is 37.8 Å². The van der Waals surface area contributed by atoms with Crippen molar-refractivity contribution in [2.75, 3.05) is 63.2 Å². The first-order valence-electron chi connectivity index (χ1n) is 18.6. The molecule has 1 aliphatic carbocycles. The van der Waals surface area contributed by atoms with Crippen molar-refractivity contribution in [3.05, 3.63) is 71.2 Å². The van der Waals surface area contributed by atoms with Gasteiger partial charge < -0.3 is 30.7 Å². The van der Waals surface area contributed by atoms with E-state index < -0.39 is 41.7 Å². The Morgan fingerprint density at radius 1 is 0.982 bits per heavy atom. The van der Waals surface area contributed by atoms with Crippen LogP contribution in [0.3, 0.4) is 0 Å². The molecule has 5 amide bonds. The topological polar surface area (TPSA) is 235 Å². The van der Waals surface area contributed by atoms with Gasteiger partial charge in [-0.25, -0.2) is 14.4 Å². The van der Waals surface area contributed by atoms with Gasteiger partial charge in [-0.05, 0) is 37.5 Å². The van der Waals surface area contributed by atoms with E-state index in [1.807, 2.05) is 0 Å². The molecule has 1 saturated carbocycles. The summed E-state index contributed by atoms with van der Waals surface area (Å²) in [5.41, 5.74) is 2.56. The quantitative estimate of drug-likeness (QED) is 0.0670. The monoisotopic (exact) mass is 781 g/mol. The van der Waals surface area contributed by atoms with Crippen LogP contribution in [0.4, 0.5) is 15.8 Å². The Morgan fingerprint density at radius 2 is 1.79 bits per heavy atom. The van der Waals surface area contributed by atoms with Crippen LogP contribution >= 0.6 is 0 Å². The molecule has 18 nitrogen and oxygen atoms in total. The number of imide groups is 2. The van der Waals surface area contributed by atoms with E-state index in [2.05, 4.69) is 47.7 Å². The molecule has 5 heterocycles. The van der Waals surface area contributed by atoms with Crippen LogP contribution in [0.1, 0.15) is 62.3 Å². The van der Waals surface area contributed by atoms with E-state index in [0.717, 1.165) is 17.7 Å². The van der Waals surface area contributed by atoms with Gasteiger partial charge in [-0.15, -0.1) is 0 Å². The fraction of sp³-hybridized carbons (Fsp3) is 0.395. The van der Waals surface area contributed by atoms with Crippen molar-refractivity contribution >= 4 is 51.9 Å². The van der Waals surface area contributed by atoms with Crippen LogP contribution in [-0.4, -0.2) is 125 Å². The molecular weight excluding hydrogens is 741 g/mol. The summed E-state index contributed by atoms with van der Waals surface area (Å²) in [6, 6.07) is 9.48. The van der Waals surface area contributed by atoms with Crippen molar-refractivity contribution in [2.45, 2.75) is 43.9 Å². The number of nitrogens with zero attached hydrogens (tertiary/aromatic N) is 6. The number of fused-ring (bicyclic) bond motifs is 2. The highest BCUT2D eigenvalue weighted by molar-refractivity contribution is 6.25. The predicted octanol–water partition coefficient (Wildman–Crippen LogP) is 1.47. The third-order valence-electron chi connectivity index (χ3n) is 9.48. The second kappa shape index (κ2) is 17.6. The molecule has 57 heavy (non-hydrogen) atoms. The molecule has 7 rings (SSSR count). The summed E-state index contributed by atoms with van der Waals surface area (Å²) in [5.74, 6) is -2.30. The molecule has 2 unspecified atom stereocenters. The van der Waals surface area contributed by atoms with E-state index in [4.69, 9.17) is 14.7 Å². The van der Waals surface area contributed by atoms with E-state index in [0.29, 0.717) is 66.6 Å². The first kappa shape index (κ1) is 38.9. The third kappa shape index (κ3) is 9.04. The zero-order valence-corrected chi connectivity index (χ0v) is 30.8. The number of ether oxygens (including phenoxy) is 2. The highest BCUT2D eigenvalue weighted by atomic mass is 19.1. The molecule has 5 N–H and O–H groups in total. The molecule has 3 aliphatic rings. The third-order valence-corrected chi connectivity index (χ3v) is 9.48. The number of amides is 5. The van der Waals surface area contributed by atoms with Crippen LogP contribution in [0.5, 0.6) is 0 Å². The van der Waals surface area contributed by atoms with Gasteiger partial charge in [-0.3, -0.25) is 34.2 Å². The number of benzene rings is 1. The van der Waals surface area contributed by atoms with E-state index >= 15 is 0 Å². The maximum atomic E-state index is 14.6. The number of nitrogens with one attached hydrogen (secondary N) is 5. The van der Waals surface area contributed by atoms with Gasteiger partial charge in [-0.2, -0.15) is 15.0 Å². The van der Waals surface area contributed by atoms with Crippen LogP contribution in [0.25, 0.3) is 16.9 Å². The first-order valence-corrected chi connectivity index (χ1v) is 18.6. The molecule has 3 aromatic heterocycles. The highest BCUT2D eigenvalue weighted by Gasteiger charge is 2.45. The number of aromatic nitrogens is 4. The van der Waals surface area contributed by atoms with Gasteiger partial charge in [0, 0.05) is 61.6 Å². The minimum absolute atomic E-state index is 0.0446. The Balaban J connectivity index is 0.773. The van der Waals surface area contributed by atoms with Gasteiger partial charge in [0.15, 0.2) is 11.5 Å². The lowest BCUT2D eigenvalue weighted by Crippen LogP contribution is -2.54. The molecule has 4 aromatic rings. The average Bonchev–Trinajstić information content (AvgIpc) is 3.87. The van der Waals surface area contributed by atoms with Gasteiger partial charge in [0.1, 0.15) is 18.3 Å². The summed E-state index contributed by atoms with van der Waals surface area (Å²) >= 11 is 0. The Kier molecular flexibility index (Phi) is 12.0. The number of piperidine rings is 1. The van der Waals surface area contributed by atoms with E-state index in [9.17, 15) is 28.4 Å². The van der Waals surface area contributed by atoms with Crippen LogP contribution in [0.2, 0.25) is 0 Å². The SMILES string of the molecule is N#Cc1cnc2c(cnn2-c2cc(NC3CC3)c(C(=O)NCC(F)COCCNCCOCCNc3cccc4c3C(=O)N(C3CCC(=O)NC3=O)C4=O)cn2)c1. The smallest absolute Gasteiger partial charge is 0.264 e. The Bertz CT molecular complexity index is 2240. The summed E-state index contributed by atoms with van der Waals surface area (Å²) in [5, 5.41) is 28.6. The lowest BCUT2D eigenvalue weighted by atomic mass is 10.0. The molecule has 0 spiro atoms. The lowest BCUT2D eigenvalue weighted by Gasteiger charge is -2.27. The number of hydrogen-bond donors (Lipinski definition) is 5. The molecule has 1 saturated heterocycles. The molecule has 296 valence electrons. The zero-order valence-electron chi connectivity index (χ0n) is 30.8. The molecule has 1 aromatic carbocycles. The minimum Gasteiger partial charge on any atom is -0.382 e. The molecule has 2 atom stereocenters. The molecule has 0 bridgehead atoms. The predicted molar refractivity (Wildman–Crippen MR) is 201 cm³/mol. The number of pyridine rings is 2. The van der Waals surface area contributed by atoms with Crippen molar-refractivity contribution in [2.24, 2.45) is 0 Å². The number of anilines is 2. The van der Waals surface area contributed by atoms with Gasteiger partial charge >= 0.3 is 0 Å². The van der Waals surface area contributed by atoms with Crippen LogP contribution < -0.4 is 26.6 Å². The van der Waals surface area contributed by atoms with Gasteiger partial charge in [0.05, 0.1) is 67.1 Å². The van der Waals surface area contributed by atoms with Crippen LogP contribution in [0.15, 0.2) is 48.9 Å². The maximum absolute atomic E-state index is 14.6. The lowest BCUT2D eigenvalue weighted by molar-refractivity contribution is -0.136. The molecular formula is C38H40FN11O7. The van der Waals surface area contributed by atoms with E-state index in [1.54, 1.807) is 30.5 Å². The average molecular weight is 782 g/mol. The number of hydrogen-bond acceptors (Lipinski definition) is 14. The molecule has 0 radical (unpaired) electrons. The Hall–Kier alpha value is -6.36. The van der Waals surface area contributed by atoms with Crippen molar-refractivity contribution in [3.8, 4) is 11.9 Å². The number of halogens is 1. The fourth-order valence-electron chi connectivity index (χ4n) is 6.46. The normalized spacial score (nSPS) is 17.0. The van der Waals surface area contributed by atoms with E-state index in [1.165, 1.54) is 23.1 Å². The Morgan fingerprint density at radius 3 is 2.58 bits per heavy atom. The highest BCUT2D eigenvalue weighted by Crippen LogP contribution is 2.32. The molecule has 2 aliphatic heterocycles. The van der Waals surface area contributed by atoms with E-state index in [-0.39, 0.29) is 55.3 Å². The minimum atomic E-state index is -1.43. The summed E-state index contributed by atoms with van der Waals surface area (Å²) in [7, 11) is 0. The van der Waals surface area contributed by atoms with Crippen molar-refractivity contribution in [3.63, 3.8) is 0 Å². The van der Waals surface area contributed by atoms with Crippen molar-refractivity contribution in [1.29, 1.82) is 5.26 Å². The number of alkyl halides is 1. The summed E-state index contributed by atoms with van der Waals surface area (Å²) < 4.78 is 27.3. The second-order valence-corrected chi connectivity index (χ2v) is 13.7. The summed E-state index contributed by atoms with van der Waals surface area (Å²) in [4.78, 5) is 72.9. The summed E-state index contributed by atoms with van der Waals surface area (Å²) in [6.45, 7) is 1.77. The second-order valence-electron chi connectivity index (χ2n) is 13.7. The number of carbonyl (C=O) groups excluding carboxylic acids is 5. The standard InChI is InChI=1S/C38H40FN11O7/c39-24(19-45-35(52)27-20-43-31(15-29(27)47-25-4-5-25)50-34-23(18-46-50)14-22(16-40)17-44-34)21-57-12-9-41-8-11-56-13-10-42-28-3-1-2-26-33(28)38(55)49(37(26)54)30-6-7-32(51)48-36(30)53/h1-3,14-15,17-18,20,24-25,30,41-42H,4-13,19,21H2,(H,43,47)(H,45,52)(H,48,51,53). The van der Waals surface area contributed by atoms with Gasteiger partial charge in [-0.1, -0.05) is 6.07 Å². The number of rotatable bonds is 19. The first-order chi connectivity index (χ1) is 27.7. The molecule has 2 fully saturated rings. The number of nitriles is 1. The zero-order chi connectivity index (χ0) is 39.9. The van der Waals surface area contributed by atoms with Gasteiger partial charge in [0.2, 0.25) is 11.8 Å². The number of carbonyl (C=O) groups is 5. The Labute approximate surface area is 325 Å². The van der Waals surface area contributed by atoms with Crippen LogP contribution in [0, 0.1) is 11.3 Å². The van der Waals surface area contributed by atoms with Gasteiger partial charge in [0.25, 0.3) is 17.7 Å². The fourth-order valence-corrected chi connectivity index (χ4v) is 6.46. The summed E-state index contributed by atoms with van der Waals surface area (Å²) in [6.07, 6.45) is 5.09. The largest absolute Gasteiger partial charge is 0.382 e. The molecule has 19 heteroatoms. The van der Waals surface area contributed by atoms with Crippen molar-refractivity contribution in [1.82, 2.24) is 40.6 Å². The maximum Gasteiger partial charge on any atom is 0.264 e.